The second-order valence-corrected chi connectivity index (χ2v) is 28.1. The van der Waals surface area contributed by atoms with Gasteiger partial charge in [-0.1, -0.05) is 0 Å². The van der Waals surface area contributed by atoms with E-state index in [4.69, 9.17) is 9.72 Å². The monoisotopic (exact) mass is 801 g/mol. The predicted octanol–water partition coefficient (Wildman–Crippen LogP) is 9.32. The maximum atomic E-state index is 15.3. The van der Waals surface area contributed by atoms with E-state index >= 15 is 8.42 Å². The van der Waals surface area contributed by atoms with Crippen LogP contribution in [0.2, 0.25) is 13.3 Å². The Morgan fingerprint density at radius 2 is 1.24 bits per heavy atom. The van der Waals surface area contributed by atoms with Crippen LogP contribution in [0.5, 0.6) is 0 Å². The molecular formula is C41H51N3O4SSn. The molecule has 9 heteroatoms. The second-order valence-electron chi connectivity index (χ2n) is 13.3. The summed E-state index contributed by atoms with van der Waals surface area (Å²) in [6.07, 6.45) is 7.88. The number of benzene rings is 3. The van der Waals surface area contributed by atoms with Crippen LogP contribution in [0.15, 0.2) is 108 Å². The molecule has 0 saturated carbocycles. The van der Waals surface area contributed by atoms with Gasteiger partial charge in [-0.25, -0.2) is 0 Å². The molecule has 0 amide bonds. The number of pyridine rings is 1. The van der Waals surface area contributed by atoms with Crippen LogP contribution in [-0.4, -0.2) is 48.8 Å². The molecule has 0 fully saturated rings. The van der Waals surface area contributed by atoms with E-state index in [-0.39, 0.29) is 10.5 Å². The average molecular weight is 801 g/mol. The van der Waals surface area contributed by atoms with Gasteiger partial charge in [0.25, 0.3) is 0 Å². The van der Waals surface area contributed by atoms with E-state index in [1.807, 2.05) is 42.5 Å². The van der Waals surface area contributed by atoms with Crippen molar-refractivity contribution < 1.29 is 17.9 Å². The number of esters is 1. The molecule has 0 spiro atoms. The third kappa shape index (κ3) is 8.28. The zero-order chi connectivity index (χ0) is 35.6. The van der Waals surface area contributed by atoms with Gasteiger partial charge in [0.2, 0.25) is 0 Å². The number of rotatable bonds is 18. The molecule has 7 nitrogen and oxygen atoms in total. The number of anilines is 1. The number of unbranched alkanes of at least 4 members (excludes halogenated alkanes) is 3. The Morgan fingerprint density at radius 3 is 1.70 bits per heavy atom. The summed E-state index contributed by atoms with van der Waals surface area (Å²) in [5, 5.41) is 0.591. The van der Waals surface area contributed by atoms with E-state index in [0.717, 1.165) is 66.7 Å². The average Bonchev–Trinajstić information content (AvgIpc) is 3.57. The quantitative estimate of drug-likeness (QED) is 0.0650. The Kier molecular flexibility index (Phi) is 13.2. The van der Waals surface area contributed by atoms with Crippen molar-refractivity contribution in [3.63, 3.8) is 0 Å². The number of hydrogen-bond donors (Lipinski definition) is 0. The second kappa shape index (κ2) is 17.5. The summed E-state index contributed by atoms with van der Waals surface area (Å²) in [6.45, 7) is 7.65. The first-order valence-electron chi connectivity index (χ1n) is 18.1. The number of fused-ring (bicyclic) bond motifs is 1. The minimum atomic E-state index is -4.11. The van der Waals surface area contributed by atoms with Crippen LogP contribution >= 0.6 is 0 Å². The van der Waals surface area contributed by atoms with Crippen molar-refractivity contribution in [1.82, 2.24) is 8.96 Å². The summed E-state index contributed by atoms with van der Waals surface area (Å²) >= 11 is -3.55. The molecule has 0 radical (unpaired) electrons. The number of ether oxygens (including phenoxy) is 1. The molecule has 5 aromatic rings. The Balaban J connectivity index is 1.93. The van der Waals surface area contributed by atoms with E-state index in [1.165, 1.54) is 7.11 Å². The van der Waals surface area contributed by atoms with E-state index < -0.39 is 34.4 Å². The number of nitrogens with zero attached hydrogens (tertiary/aromatic N) is 3. The number of carbonyl (C=O) groups is 1. The molecule has 0 aliphatic carbocycles. The van der Waals surface area contributed by atoms with Gasteiger partial charge in [0.1, 0.15) is 0 Å². The van der Waals surface area contributed by atoms with Crippen molar-refractivity contribution in [3.8, 4) is 0 Å². The molecule has 2 heterocycles. The third-order valence-corrected chi connectivity index (χ3v) is 27.3. The van der Waals surface area contributed by atoms with Crippen molar-refractivity contribution >= 4 is 54.8 Å². The van der Waals surface area contributed by atoms with Crippen molar-refractivity contribution in [2.24, 2.45) is 0 Å². The maximum absolute atomic E-state index is 15.3. The van der Waals surface area contributed by atoms with Crippen LogP contribution in [0.4, 0.5) is 5.82 Å². The first-order chi connectivity index (χ1) is 24.3. The van der Waals surface area contributed by atoms with E-state index in [1.54, 1.807) is 34.4 Å². The minimum absolute atomic E-state index is 0.229. The molecule has 3 aromatic carbocycles. The molecule has 0 atom stereocenters. The summed E-state index contributed by atoms with van der Waals surface area (Å²) in [5.74, 6) is 0.0109. The normalized spacial score (nSPS) is 11.9. The van der Waals surface area contributed by atoms with Crippen molar-refractivity contribution in [3.05, 3.63) is 120 Å². The molecule has 2 aromatic heterocycles. The molecule has 0 bridgehead atoms. The number of methoxy groups -OCH3 is 1. The summed E-state index contributed by atoms with van der Waals surface area (Å²) in [6, 6.07) is 31.1. The number of carbonyl (C=O) groups excluding carboxylic acids is 1. The van der Waals surface area contributed by atoms with Gasteiger partial charge in [-0.3, -0.25) is 0 Å². The predicted molar refractivity (Wildman–Crippen MR) is 207 cm³/mol. The molecule has 0 N–H and O–H groups in total. The van der Waals surface area contributed by atoms with Gasteiger partial charge in [0.05, 0.1) is 0 Å². The zero-order valence-corrected chi connectivity index (χ0v) is 33.6. The van der Waals surface area contributed by atoms with E-state index in [9.17, 15) is 4.79 Å². The molecule has 5 rings (SSSR count). The molecule has 264 valence electrons. The van der Waals surface area contributed by atoms with Gasteiger partial charge in [-0.15, -0.1) is 0 Å². The molecule has 50 heavy (non-hydrogen) atoms. The fourth-order valence-corrected chi connectivity index (χ4v) is 26.9. The van der Waals surface area contributed by atoms with Crippen LogP contribution < -0.4 is 8.61 Å². The number of aromatic nitrogens is 2. The fourth-order valence-electron chi connectivity index (χ4n) is 7.10. The third-order valence-electron chi connectivity index (χ3n) is 9.76. The standard InChI is InChI=1S/C29H24N3O4S.3C4H9.Sn/c1-36-29(33)26-19-30-28(27-25(26)17-18-32(27)37(34,35)24-15-9-4-10-16-24)31(20-22-11-5-2-6-12-22)21-23-13-7-3-8-14-23;3*1-3-4-2;/h2-17,19H,20-21H2,1H3;3*1,3-4H2,2H3;. The van der Waals surface area contributed by atoms with Crippen LogP contribution in [0.1, 0.15) is 80.8 Å². The summed E-state index contributed by atoms with van der Waals surface area (Å²) < 4.78 is 41.6. The summed E-state index contributed by atoms with van der Waals surface area (Å²) in [7, 11) is -2.75. The SMILES string of the molecule is CCC[CH2][Sn]([CH2]CCC)([CH2]CCC)[c]1cc2c(C(=O)OC)cnc(N(Cc3ccccc3)Cc3ccccc3)c2n1S(=O)(=O)c1ccccc1. The van der Waals surface area contributed by atoms with Crippen LogP contribution in [-0.2, 0) is 27.8 Å². The molecule has 0 aliphatic rings. The Hall–Kier alpha value is -3.63. The van der Waals surface area contributed by atoms with E-state index in [2.05, 4.69) is 56.0 Å². The van der Waals surface area contributed by atoms with Crippen LogP contribution in [0.3, 0.4) is 0 Å². The molecule has 0 unspecified atom stereocenters. The van der Waals surface area contributed by atoms with Gasteiger partial charge in [0.15, 0.2) is 0 Å². The van der Waals surface area contributed by atoms with Crippen LogP contribution in [0, 0.1) is 0 Å². The van der Waals surface area contributed by atoms with Crippen molar-refractivity contribution in [1.29, 1.82) is 0 Å². The summed E-state index contributed by atoms with van der Waals surface area (Å²) in [5.41, 5.74) is 2.89. The van der Waals surface area contributed by atoms with E-state index in [0.29, 0.717) is 29.8 Å². The number of hydrogen-bond acceptors (Lipinski definition) is 6. The van der Waals surface area contributed by atoms with Crippen molar-refractivity contribution in [2.45, 2.75) is 90.6 Å². The topological polar surface area (TPSA) is 81.5 Å². The summed E-state index contributed by atoms with van der Waals surface area (Å²) in [4.78, 5) is 20.8. The van der Waals surface area contributed by atoms with Gasteiger partial charge in [-0.2, -0.15) is 0 Å². The molecule has 0 aliphatic heterocycles. The van der Waals surface area contributed by atoms with Gasteiger partial charge in [0, 0.05) is 0 Å². The first kappa shape index (κ1) is 37.6. The zero-order valence-electron chi connectivity index (χ0n) is 30.0. The fraction of sp³-hybridized carbons (Fsp3) is 0.366. The van der Waals surface area contributed by atoms with Gasteiger partial charge >= 0.3 is 304 Å². The molecular weight excluding hydrogens is 749 g/mol. The Morgan fingerprint density at radius 1 is 0.760 bits per heavy atom. The van der Waals surface area contributed by atoms with Gasteiger partial charge < -0.3 is 0 Å². The first-order valence-corrected chi connectivity index (χ1v) is 27.0. The van der Waals surface area contributed by atoms with Gasteiger partial charge in [-0.05, 0) is 0 Å². The Labute approximate surface area is 302 Å². The van der Waals surface area contributed by atoms with Crippen molar-refractivity contribution in [2.75, 3.05) is 12.0 Å². The Bertz CT molecular complexity index is 1880. The molecule has 0 saturated heterocycles. The van der Waals surface area contributed by atoms with Crippen LogP contribution in [0.25, 0.3) is 10.9 Å².